The molecule has 4 N–H and O–H groups in total. The van der Waals surface area contributed by atoms with Crippen LogP contribution < -0.4 is 22.3 Å². The standard InChI is InChI=1S/C14H24N4O3/c1-8(2)7-18-12(15)11(13(19)17-14(18)20)16-10-4-5-21-9(3)6-10/h8-10,16H,4-7,15H2,1-3H3,(H,17,19,20). The summed E-state index contributed by atoms with van der Waals surface area (Å²) in [5.74, 6) is 0.462. The van der Waals surface area contributed by atoms with Crippen LogP contribution in [0.2, 0.25) is 0 Å². The molecule has 1 aromatic rings. The highest BCUT2D eigenvalue weighted by atomic mass is 16.5. The van der Waals surface area contributed by atoms with Crippen molar-refractivity contribution in [1.82, 2.24) is 9.55 Å². The molecule has 0 amide bonds. The maximum absolute atomic E-state index is 12.0. The highest BCUT2D eigenvalue weighted by Gasteiger charge is 2.22. The van der Waals surface area contributed by atoms with Gasteiger partial charge < -0.3 is 15.8 Å². The van der Waals surface area contributed by atoms with E-state index in [-0.39, 0.29) is 29.6 Å². The summed E-state index contributed by atoms with van der Waals surface area (Å²) in [6.45, 7) is 7.11. The minimum atomic E-state index is -0.461. The molecule has 2 heterocycles. The van der Waals surface area contributed by atoms with Crippen molar-refractivity contribution in [2.75, 3.05) is 17.7 Å². The van der Waals surface area contributed by atoms with Crippen molar-refractivity contribution in [2.45, 2.75) is 52.3 Å². The second-order valence-electron chi connectivity index (χ2n) is 6.07. The summed E-state index contributed by atoms with van der Waals surface area (Å²) < 4.78 is 6.90. The second-order valence-corrected chi connectivity index (χ2v) is 6.07. The SMILES string of the molecule is CC(C)Cn1c(N)c(NC2CCOC(C)C2)c(=O)[nH]c1=O. The molecule has 1 aliphatic heterocycles. The molecule has 0 aliphatic carbocycles. The van der Waals surface area contributed by atoms with Crippen molar-refractivity contribution in [1.29, 1.82) is 0 Å². The van der Waals surface area contributed by atoms with Gasteiger partial charge in [0.05, 0.1) is 6.10 Å². The van der Waals surface area contributed by atoms with E-state index in [0.29, 0.717) is 13.2 Å². The quantitative estimate of drug-likeness (QED) is 0.761. The minimum Gasteiger partial charge on any atom is -0.383 e. The highest BCUT2D eigenvalue weighted by molar-refractivity contribution is 5.60. The van der Waals surface area contributed by atoms with Gasteiger partial charge in [0.15, 0.2) is 0 Å². The van der Waals surface area contributed by atoms with E-state index in [0.717, 1.165) is 12.8 Å². The Labute approximate surface area is 123 Å². The summed E-state index contributed by atoms with van der Waals surface area (Å²) in [5.41, 5.74) is 5.40. The minimum absolute atomic E-state index is 0.127. The maximum Gasteiger partial charge on any atom is 0.330 e. The monoisotopic (exact) mass is 296 g/mol. The van der Waals surface area contributed by atoms with E-state index in [1.807, 2.05) is 20.8 Å². The lowest BCUT2D eigenvalue weighted by Crippen LogP contribution is -2.39. The number of nitrogen functional groups attached to an aromatic ring is 1. The Morgan fingerprint density at radius 1 is 1.48 bits per heavy atom. The maximum atomic E-state index is 12.0. The number of nitrogens with zero attached hydrogens (tertiary/aromatic N) is 1. The van der Waals surface area contributed by atoms with Crippen LogP contribution in [0.5, 0.6) is 0 Å². The lowest BCUT2D eigenvalue weighted by atomic mass is 10.0. The van der Waals surface area contributed by atoms with Gasteiger partial charge in [-0.1, -0.05) is 13.8 Å². The average molecular weight is 296 g/mol. The van der Waals surface area contributed by atoms with E-state index in [1.165, 1.54) is 4.57 Å². The van der Waals surface area contributed by atoms with Crippen LogP contribution >= 0.6 is 0 Å². The van der Waals surface area contributed by atoms with Crippen molar-refractivity contribution in [3.8, 4) is 0 Å². The third-order valence-corrected chi connectivity index (χ3v) is 3.62. The topological polar surface area (TPSA) is 102 Å². The largest absolute Gasteiger partial charge is 0.383 e. The van der Waals surface area contributed by atoms with Gasteiger partial charge in [-0.25, -0.2) is 4.79 Å². The number of nitrogens with two attached hydrogens (primary N) is 1. The fourth-order valence-electron chi connectivity index (χ4n) is 2.61. The van der Waals surface area contributed by atoms with Crippen LogP contribution in [0.15, 0.2) is 9.59 Å². The molecular formula is C14H24N4O3. The molecule has 0 bridgehead atoms. The Bertz CT molecular complexity index is 605. The number of aromatic nitrogens is 2. The molecule has 0 spiro atoms. The van der Waals surface area contributed by atoms with Crippen LogP contribution in [-0.4, -0.2) is 28.3 Å². The highest BCUT2D eigenvalue weighted by Crippen LogP contribution is 2.19. The van der Waals surface area contributed by atoms with Gasteiger partial charge in [0.2, 0.25) is 0 Å². The van der Waals surface area contributed by atoms with E-state index in [2.05, 4.69) is 10.3 Å². The van der Waals surface area contributed by atoms with Crippen LogP contribution in [0.3, 0.4) is 0 Å². The summed E-state index contributed by atoms with van der Waals surface area (Å²) >= 11 is 0. The first-order chi connectivity index (χ1) is 9.88. The van der Waals surface area contributed by atoms with Gasteiger partial charge >= 0.3 is 5.69 Å². The molecule has 0 saturated carbocycles. The summed E-state index contributed by atoms with van der Waals surface area (Å²) in [5, 5.41) is 3.18. The molecule has 1 aliphatic rings. The lowest BCUT2D eigenvalue weighted by molar-refractivity contribution is 0.0232. The van der Waals surface area contributed by atoms with Crippen LogP contribution in [0.1, 0.15) is 33.6 Å². The van der Waals surface area contributed by atoms with E-state index in [4.69, 9.17) is 10.5 Å². The molecule has 7 nitrogen and oxygen atoms in total. The molecule has 2 atom stereocenters. The number of nitrogens with one attached hydrogen (secondary N) is 2. The van der Waals surface area contributed by atoms with Crippen molar-refractivity contribution in [3.63, 3.8) is 0 Å². The van der Waals surface area contributed by atoms with Gasteiger partial charge in [0.25, 0.3) is 5.56 Å². The molecule has 1 saturated heterocycles. The molecule has 2 rings (SSSR count). The Hall–Kier alpha value is -1.76. The van der Waals surface area contributed by atoms with Crippen LogP contribution in [0.4, 0.5) is 11.5 Å². The summed E-state index contributed by atoms with van der Waals surface area (Å²) in [6.07, 6.45) is 1.77. The predicted octanol–water partition coefficient (Wildman–Crippen LogP) is 0.754. The average Bonchev–Trinajstić information content (AvgIpc) is 2.39. The number of anilines is 2. The smallest absolute Gasteiger partial charge is 0.330 e. The summed E-state index contributed by atoms with van der Waals surface area (Å²) in [7, 11) is 0. The molecule has 0 aromatic carbocycles. The van der Waals surface area contributed by atoms with Gasteiger partial charge in [0.1, 0.15) is 11.5 Å². The van der Waals surface area contributed by atoms with E-state index in [9.17, 15) is 9.59 Å². The Morgan fingerprint density at radius 2 is 2.19 bits per heavy atom. The molecular weight excluding hydrogens is 272 g/mol. The van der Waals surface area contributed by atoms with Gasteiger partial charge in [-0.2, -0.15) is 0 Å². The van der Waals surface area contributed by atoms with Gasteiger partial charge in [-0.3, -0.25) is 14.3 Å². The summed E-state index contributed by atoms with van der Waals surface area (Å²) in [6, 6.07) is 0.127. The number of hydrogen-bond acceptors (Lipinski definition) is 5. The van der Waals surface area contributed by atoms with Crippen LogP contribution in [-0.2, 0) is 11.3 Å². The molecule has 1 aromatic heterocycles. The first-order valence-corrected chi connectivity index (χ1v) is 7.39. The normalized spacial score (nSPS) is 22.5. The molecule has 7 heteroatoms. The van der Waals surface area contributed by atoms with Crippen molar-refractivity contribution in [3.05, 3.63) is 20.8 Å². The molecule has 118 valence electrons. The van der Waals surface area contributed by atoms with Crippen molar-refractivity contribution in [2.24, 2.45) is 5.92 Å². The second kappa shape index (κ2) is 6.34. The fraction of sp³-hybridized carbons (Fsp3) is 0.714. The lowest BCUT2D eigenvalue weighted by Gasteiger charge is -2.29. The number of ether oxygens (including phenoxy) is 1. The zero-order chi connectivity index (χ0) is 15.6. The number of rotatable bonds is 4. The van der Waals surface area contributed by atoms with Gasteiger partial charge in [0, 0.05) is 19.2 Å². The number of H-pyrrole nitrogens is 1. The first-order valence-electron chi connectivity index (χ1n) is 7.39. The van der Waals surface area contributed by atoms with Crippen LogP contribution in [0, 0.1) is 5.92 Å². The fourth-order valence-corrected chi connectivity index (χ4v) is 2.61. The van der Waals surface area contributed by atoms with Gasteiger partial charge in [-0.15, -0.1) is 0 Å². The Kier molecular flexibility index (Phi) is 4.72. The Balaban J connectivity index is 2.30. The third kappa shape index (κ3) is 3.66. The molecule has 21 heavy (non-hydrogen) atoms. The van der Waals surface area contributed by atoms with E-state index >= 15 is 0 Å². The zero-order valence-electron chi connectivity index (χ0n) is 12.8. The zero-order valence-corrected chi connectivity index (χ0v) is 12.8. The molecule has 0 radical (unpaired) electrons. The van der Waals surface area contributed by atoms with Gasteiger partial charge in [-0.05, 0) is 25.7 Å². The first kappa shape index (κ1) is 15.6. The van der Waals surface area contributed by atoms with E-state index < -0.39 is 11.2 Å². The van der Waals surface area contributed by atoms with E-state index in [1.54, 1.807) is 0 Å². The van der Waals surface area contributed by atoms with Crippen LogP contribution in [0.25, 0.3) is 0 Å². The number of aromatic amines is 1. The summed E-state index contributed by atoms with van der Waals surface area (Å²) in [4.78, 5) is 26.2. The number of hydrogen-bond donors (Lipinski definition) is 3. The Morgan fingerprint density at radius 3 is 2.81 bits per heavy atom. The molecule has 1 fully saturated rings. The van der Waals surface area contributed by atoms with Crippen molar-refractivity contribution < 1.29 is 4.74 Å². The van der Waals surface area contributed by atoms with Crippen molar-refractivity contribution >= 4 is 11.5 Å². The third-order valence-electron chi connectivity index (χ3n) is 3.62. The molecule has 2 unspecified atom stereocenters. The predicted molar refractivity (Wildman–Crippen MR) is 82.6 cm³/mol.